The van der Waals surface area contributed by atoms with Gasteiger partial charge in [0.05, 0.1) is 5.57 Å². The largest absolute Gasteiger partial charge is 0.414 e. The molecule has 0 aromatic heterocycles. The Morgan fingerprint density at radius 3 is 2.30 bits per heavy atom. The summed E-state index contributed by atoms with van der Waals surface area (Å²) in [6.07, 6.45) is -3.79. The molecule has 2 N–H and O–H groups in total. The average molecular weight is 150 g/mol. The molecule has 0 saturated heterocycles. The van der Waals surface area contributed by atoms with Crippen molar-refractivity contribution in [3.63, 3.8) is 0 Å². The fraction of sp³-hybridized carbons (Fsp3) is 0.400. The first-order chi connectivity index (χ1) is 4.50. The molecular weight excluding hydrogens is 145 g/mol. The summed E-state index contributed by atoms with van der Waals surface area (Å²) in [5.74, 6) is 0.0207. The number of halogens is 3. The Balaban J connectivity index is 2.66. The summed E-state index contributed by atoms with van der Waals surface area (Å²) in [4.78, 5) is 3.30. The van der Waals surface area contributed by atoms with E-state index in [4.69, 9.17) is 5.73 Å². The fourth-order valence-electron chi connectivity index (χ4n) is 0.621. The zero-order chi connectivity index (χ0) is 7.78. The van der Waals surface area contributed by atoms with Crippen molar-refractivity contribution in [1.29, 1.82) is 0 Å². The van der Waals surface area contributed by atoms with Gasteiger partial charge in [-0.3, -0.25) is 0 Å². The first-order valence-corrected chi connectivity index (χ1v) is 2.58. The maximum absolute atomic E-state index is 11.7. The lowest BCUT2D eigenvalue weighted by Crippen LogP contribution is -2.16. The molecular formula is C5H5F3N2. The third kappa shape index (κ3) is 1.29. The second-order valence-corrected chi connectivity index (χ2v) is 1.95. The van der Waals surface area contributed by atoms with Gasteiger partial charge in [-0.2, -0.15) is 13.2 Å². The third-order valence-corrected chi connectivity index (χ3v) is 1.12. The van der Waals surface area contributed by atoms with Crippen LogP contribution in [0, 0.1) is 0 Å². The van der Waals surface area contributed by atoms with Gasteiger partial charge in [-0.25, -0.2) is 4.99 Å². The molecule has 1 rings (SSSR count). The predicted molar refractivity (Wildman–Crippen MR) is 30.4 cm³/mol. The van der Waals surface area contributed by atoms with Gasteiger partial charge in [-0.05, 0) is 0 Å². The van der Waals surface area contributed by atoms with Gasteiger partial charge in [0.15, 0.2) is 0 Å². The zero-order valence-electron chi connectivity index (χ0n) is 4.94. The van der Waals surface area contributed by atoms with Gasteiger partial charge in [0.1, 0.15) is 5.84 Å². The molecule has 5 heteroatoms. The Kier molecular flexibility index (Phi) is 1.42. The molecule has 0 aliphatic carbocycles. The lowest BCUT2D eigenvalue weighted by Gasteiger charge is -2.04. The van der Waals surface area contributed by atoms with E-state index in [-0.39, 0.29) is 12.3 Å². The van der Waals surface area contributed by atoms with Crippen molar-refractivity contribution in [2.45, 2.75) is 12.6 Å². The smallest absolute Gasteiger partial charge is 0.387 e. The summed E-state index contributed by atoms with van der Waals surface area (Å²) in [5.41, 5.74) is 4.34. The van der Waals surface area contributed by atoms with E-state index < -0.39 is 11.7 Å². The van der Waals surface area contributed by atoms with Gasteiger partial charge < -0.3 is 5.73 Å². The Hall–Kier alpha value is -1.00. The van der Waals surface area contributed by atoms with Crippen LogP contribution in [0.5, 0.6) is 0 Å². The summed E-state index contributed by atoms with van der Waals surface area (Å²) >= 11 is 0. The number of hydrogen-bond acceptors (Lipinski definition) is 2. The minimum Gasteiger partial charge on any atom is -0.387 e. The highest BCUT2D eigenvalue weighted by molar-refractivity contribution is 5.85. The summed E-state index contributed by atoms with van der Waals surface area (Å²) in [5, 5.41) is 0. The Morgan fingerprint density at radius 2 is 2.10 bits per heavy atom. The molecule has 0 unspecified atom stereocenters. The molecule has 0 bridgehead atoms. The van der Waals surface area contributed by atoms with Crippen LogP contribution in [0.3, 0.4) is 0 Å². The van der Waals surface area contributed by atoms with E-state index in [0.29, 0.717) is 0 Å². The van der Waals surface area contributed by atoms with Crippen molar-refractivity contribution in [3.8, 4) is 0 Å². The predicted octanol–water partition coefficient (Wildman–Crippen LogP) is 1.19. The van der Waals surface area contributed by atoms with E-state index in [0.717, 1.165) is 6.20 Å². The van der Waals surface area contributed by atoms with E-state index in [1.807, 2.05) is 0 Å². The highest BCUT2D eigenvalue weighted by atomic mass is 19.4. The molecule has 0 amide bonds. The van der Waals surface area contributed by atoms with Crippen molar-refractivity contribution < 1.29 is 13.2 Å². The molecule has 0 aromatic carbocycles. The minimum atomic E-state index is -4.27. The van der Waals surface area contributed by atoms with Crippen LogP contribution >= 0.6 is 0 Å². The molecule has 56 valence electrons. The summed E-state index contributed by atoms with van der Waals surface area (Å²) < 4.78 is 35.2. The molecule has 0 radical (unpaired) electrons. The van der Waals surface area contributed by atoms with Crippen LogP contribution < -0.4 is 5.73 Å². The third-order valence-electron chi connectivity index (χ3n) is 1.12. The van der Waals surface area contributed by atoms with Crippen molar-refractivity contribution in [3.05, 3.63) is 11.8 Å². The van der Waals surface area contributed by atoms with Gasteiger partial charge in [-0.1, -0.05) is 0 Å². The Bertz CT molecular complexity index is 201. The number of nitrogens with zero attached hydrogens (tertiary/aromatic N) is 1. The standard InChI is InChI=1S/C5H5F3N2/c6-5(7,8)3-1-4(9)10-2-3/h2H,1H2,(H2,9,10). The van der Waals surface area contributed by atoms with E-state index >= 15 is 0 Å². The first-order valence-electron chi connectivity index (χ1n) is 2.58. The molecule has 0 fully saturated rings. The Morgan fingerprint density at radius 1 is 1.50 bits per heavy atom. The highest BCUT2D eigenvalue weighted by Crippen LogP contribution is 2.30. The molecule has 10 heavy (non-hydrogen) atoms. The molecule has 0 aromatic rings. The van der Waals surface area contributed by atoms with Gasteiger partial charge in [0.25, 0.3) is 0 Å². The van der Waals surface area contributed by atoms with Crippen LogP contribution in [-0.4, -0.2) is 12.0 Å². The van der Waals surface area contributed by atoms with Crippen LogP contribution in [0.15, 0.2) is 16.8 Å². The SMILES string of the molecule is NC1=NC=C(C(F)(F)F)C1. The molecule has 1 aliphatic rings. The number of alkyl halides is 3. The van der Waals surface area contributed by atoms with Crippen LogP contribution in [-0.2, 0) is 0 Å². The number of amidine groups is 1. The van der Waals surface area contributed by atoms with E-state index in [1.54, 1.807) is 0 Å². The maximum atomic E-state index is 11.7. The van der Waals surface area contributed by atoms with Gasteiger partial charge in [0.2, 0.25) is 0 Å². The quantitative estimate of drug-likeness (QED) is 0.553. The number of aliphatic imine (C=N–C) groups is 1. The van der Waals surface area contributed by atoms with Crippen molar-refractivity contribution in [2.24, 2.45) is 10.7 Å². The zero-order valence-corrected chi connectivity index (χ0v) is 4.94. The Labute approximate surface area is 55.2 Å². The lowest BCUT2D eigenvalue weighted by atomic mass is 10.2. The maximum Gasteiger partial charge on any atom is 0.414 e. The molecule has 1 aliphatic heterocycles. The monoisotopic (exact) mass is 150 g/mol. The highest BCUT2D eigenvalue weighted by Gasteiger charge is 2.35. The van der Waals surface area contributed by atoms with E-state index in [1.165, 1.54) is 0 Å². The van der Waals surface area contributed by atoms with Gasteiger partial charge in [0, 0.05) is 12.6 Å². The van der Waals surface area contributed by atoms with Crippen molar-refractivity contribution >= 4 is 5.84 Å². The molecule has 1 heterocycles. The minimum absolute atomic E-state index is 0.0207. The summed E-state index contributed by atoms with van der Waals surface area (Å²) in [7, 11) is 0. The average Bonchev–Trinajstić information content (AvgIpc) is 2.11. The molecule has 0 saturated carbocycles. The topological polar surface area (TPSA) is 38.4 Å². The van der Waals surface area contributed by atoms with Gasteiger partial charge in [-0.15, -0.1) is 0 Å². The fourth-order valence-corrected chi connectivity index (χ4v) is 0.621. The summed E-state index contributed by atoms with van der Waals surface area (Å²) in [6, 6.07) is 0. The van der Waals surface area contributed by atoms with Crippen LogP contribution in [0.2, 0.25) is 0 Å². The lowest BCUT2D eigenvalue weighted by molar-refractivity contribution is -0.0923. The molecule has 0 atom stereocenters. The second-order valence-electron chi connectivity index (χ2n) is 1.95. The van der Waals surface area contributed by atoms with Crippen LogP contribution in [0.25, 0.3) is 0 Å². The van der Waals surface area contributed by atoms with Crippen molar-refractivity contribution in [2.75, 3.05) is 0 Å². The second kappa shape index (κ2) is 2.00. The summed E-state index contributed by atoms with van der Waals surface area (Å²) in [6.45, 7) is 0. The van der Waals surface area contributed by atoms with E-state index in [2.05, 4.69) is 4.99 Å². The van der Waals surface area contributed by atoms with Crippen LogP contribution in [0.1, 0.15) is 6.42 Å². The van der Waals surface area contributed by atoms with E-state index in [9.17, 15) is 13.2 Å². The molecule has 2 nitrogen and oxygen atoms in total. The van der Waals surface area contributed by atoms with Crippen molar-refractivity contribution in [1.82, 2.24) is 0 Å². The normalized spacial score (nSPS) is 18.7. The number of rotatable bonds is 0. The number of hydrogen-bond donors (Lipinski definition) is 1. The first kappa shape index (κ1) is 7.11. The van der Waals surface area contributed by atoms with Gasteiger partial charge >= 0.3 is 6.18 Å². The van der Waals surface area contributed by atoms with Crippen LogP contribution in [0.4, 0.5) is 13.2 Å². The number of nitrogens with two attached hydrogens (primary N) is 1. The molecule has 0 spiro atoms.